The number of halogens is 3. The molecule has 2 atom stereocenters. The van der Waals surface area contributed by atoms with Gasteiger partial charge in [0.05, 0.1) is 5.92 Å². The average Bonchev–Trinajstić information content (AvgIpc) is 2.88. The van der Waals surface area contributed by atoms with E-state index in [0.717, 1.165) is 5.82 Å². The molecule has 1 fully saturated rings. The first-order chi connectivity index (χ1) is 11.8. The van der Waals surface area contributed by atoms with Gasteiger partial charge in [0, 0.05) is 19.6 Å². The predicted octanol–water partition coefficient (Wildman–Crippen LogP) is 2.47. The number of alkyl halides is 3. The molecule has 1 aromatic rings. The van der Waals surface area contributed by atoms with Crippen LogP contribution in [0.3, 0.4) is 0 Å². The van der Waals surface area contributed by atoms with Crippen LogP contribution in [0.15, 0.2) is 17.6 Å². The first kappa shape index (κ1) is 19.3. The summed E-state index contributed by atoms with van der Waals surface area (Å²) >= 11 is 0. The van der Waals surface area contributed by atoms with E-state index in [1.165, 1.54) is 0 Å². The molecule has 2 unspecified atom stereocenters. The van der Waals surface area contributed by atoms with Crippen molar-refractivity contribution in [1.29, 1.82) is 0 Å². The molecule has 0 aromatic carbocycles. The number of nitrogens with zero attached hydrogens (tertiary/aromatic N) is 4. The van der Waals surface area contributed by atoms with Crippen LogP contribution in [0, 0.1) is 12.8 Å². The maximum absolute atomic E-state index is 13.0. The second-order valence-electron chi connectivity index (χ2n) is 6.30. The maximum atomic E-state index is 13.0. The number of aromatic nitrogens is 3. The number of aryl methyl sites for hydroxylation is 1. The zero-order chi connectivity index (χ0) is 18.4. The Morgan fingerprint density at radius 3 is 2.76 bits per heavy atom. The fourth-order valence-electron chi connectivity index (χ4n) is 2.87. The van der Waals surface area contributed by atoms with Gasteiger partial charge in [0.2, 0.25) is 0 Å². The molecule has 25 heavy (non-hydrogen) atoms. The molecule has 0 bridgehead atoms. The molecule has 1 aromatic heterocycles. The van der Waals surface area contributed by atoms with Gasteiger partial charge in [-0.3, -0.25) is 0 Å². The van der Waals surface area contributed by atoms with E-state index in [1.54, 1.807) is 6.08 Å². The van der Waals surface area contributed by atoms with Crippen molar-refractivity contribution in [3.8, 4) is 0 Å². The summed E-state index contributed by atoms with van der Waals surface area (Å²) in [6.07, 6.45) is -0.942. The Kier molecular flexibility index (Phi) is 6.44. The van der Waals surface area contributed by atoms with Crippen LogP contribution in [0.2, 0.25) is 0 Å². The van der Waals surface area contributed by atoms with Crippen LogP contribution in [0.4, 0.5) is 13.2 Å². The van der Waals surface area contributed by atoms with Crippen LogP contribution in [0.5, 0.6) is 0 Å². The van der Waals surface area contributed by atoms with E-state index in [1.807, 2.05) is 18.5 Å². The minimum atomic E-state index is -4.14. The molecule has 2 rings (SSSR count). The van der Waals surface area contributed by atoms with E-state index in [0.29, 0.717) is 37.7 Å². The van der Waals surface area contributed by atoms with Gasteiger partial charge < -0.3 is 15.2 Å². The van der Waals surface area contributed by atoms with Gasteiger partial charge >= 0.3 is 6.18 Å². The molecule has 1 saturated carbocycles. The number of nitrogens with one attached hydrogen (secondary N) is 2. The van der Waals surface area contributed by atoms with Gasteiger partial charge in [0.15, 0.2) is 11.8 Å². The Labute approximate surface area is 145 Å². The summed E-state index contributed by atoms with van der Waals surface area (Å²) in [5, 5.41) is 14.2. The van der Waals surface area contributed by atoms with Gasteiger partial charge in [0.1, 0.15) is 12.4 Å². The van der Waals surface area contributed by atoms with Crippen molar-refractivity contribution in [3.05, 3.63) is 24.3 Å². The zero-order valence-electron chi connectivity index (χ0n) is 14.6. The monoisotopic (exact) mass is 358 g/mol. The van der Waals surface area contributed by atoms with Crippen molar-refractivity contribution in [2.75, 3.05) is 6.54 Å². The number of hydrogen-bond acceptors (Lipinski definition) is 3. The van der Waals surface area contributed by atoms with Gasteiger partial charge in [-0.05, 0) is 26.2 Å². The van der Waals surface area contributed by atoms with E-state index in [2.05, 4.69) is 32.4 Å². The van der Waals surface area contributed by atoms with Gasteiger partial charge in [-0.1, -0.05) is 12.5 Å². The van der Waals surface area contributed by atoms with Crippen molar-refractivity contribution in [1.82, 2.24) is 25.4 Å². The molecule has 0 spiro atoms. The molecule has 1 heterocycles. The van der Waals surface area contributed by atoms with E-state index in [4.69, 9.17) is 0 Å². The van der Waals surface area contributed by atoms with Crippen LogP contribution in [-0.2, 0) is 13.6 Å². The summed E-state index contributed by atoms with van der Waals surface area (Å²) in [4.78, 5) is 4.43. The highest BCUT2D eigenvalue weighted by Crippen LogP contribution is 2.37. The summed E-state index contributed by atoms with van der Waals surface area (Å²) in [7, 11) is 1.85. The van der Waals surface area contributed by atoms with E-state index < -0.39 is 12.1 Å². The second kappa shape index (κ2) is 8.35. The Balaban J connectivity index is 2.02. The molecule has 140 valence electrons. The van der Waals surface area contributed by atoms with Crippen LogP contribution >= 0.6 is 0 Å². The van der Waals surface area contributed by atoms with Crippen molar-refractivity contribution < 1.29 is 13.2 Å². The van der Waals surface area contributed by atoms with Crippen molar-refractivity contribution >= 4 is 5.96 Å². The molecular weight excluding hydrogens is 333 g/mol. The lowest BCUT2D eigenvalue weighted by atomic mass is 9.85. The van der Waals surface area contributed by atoms with E-state index in [9.17, 15) is 13.2 Å². The standard InChI is InChI=1S/C16H25F3N6/c1-4-8-20-15(21-10-14-24-23-11(2)25(14)3)22-13-7-5-6-12(9-13)16(17,18)19/h4,12-13H,1,5-10H2,2-3H3,(H2,20,21,22). The minimum absolute atomic E-state index is 0.0708. The number of aliphatic imine (C=N–C) groups is 1. The minimum Gasteiger partial charge on any atom is -0.354 e. The Bertz CT molecular complexity index is 608. The molecule has 1 aliphatic rings. The predicted molar refractivity (Wildman–Crippen MR) is 90.0 cm³/mol. The maximum Gasteiger partial charge on any atom is 0.391 e. The smallest absolute Gasteiger partial charge is 0.354 e. The molecule has 0 amide bonds. The summed E-state index contributed by atoms with van der Waals surface area (Å²) in [5.74, 6) is 0.683. The third-order valence-corrected chi connectivity index (χ3v) is 4.45. The largest absolute Gasteiger partial charge is 0.391 e. The highest BCUT2D eigenvalue weighted by molar-refractivity contribution is 5.80. The fraction of sp³-hybridized carbons (Fsp3) is 0.688. The molecule has 0 radical (unpaired) electrons. The number of hydrogen-bond donors (Lipinski definition) is 2. The van der Waals surface area contributed by atoms with Crippen LogP contribution in [0.25, 0.3) is 0 Å². The lowest BCUT2D eigenvalue weighted by Gasteiger charge is -2.31. The normalized spacial score (nSPS) is 21.9. The van der Waals surface area contributed by atoms with Gasteiger partial charge in [-0.25, -0.2) is 4.99 Å². The fourth-order valence-corrected chi connectivity index (χ4v) is 2.87. The molecule has 1 aliphatic carbocycles. The van der Waals surface area contributed by atoms with Crippen LogP contribution < -0.4 is 10.6 Å². The Morgan fingerprint density at radius 1 is 1.40 bits per heavy atom. The van der Waals surface area contributed by atoms with E-state index >= 15 is 0 Å². The highest BCUT2D eigenvalue weighted by atomic mass is 19.4. The van der Waals surface area contributed by atoms with Crippen LogP contribution in [0.1, 0.15) is 37.3 Å². The molecule has 0 aliphatic heterocycles. The average molecular weight is 358 g/mol. The summed E-state index contributed by atoms with van der Waals surface area (Å²) in [5.41, 5.74) is 0. The lowest BCUT2D eigenvalue weighted by Crippen LogP contribution is -2.46. The molecule has 2 N–H and O–H groups in total. The van der Waals surface area contributed by atoms with Gasteiger partial charge in [0.25, 0.3) is 0 Å². The molecule has 9 heteroatoms. The first-order valence-corrected chi connectivity index (χ1v) is 8.38. The molecular formula is C16H25F3N6. The van der Waals surface area contributed by atoms with Gasteiger partial charge in [-0.15, -0.1) is 16.8 Å². The van der Waals surface area contributed by atoms with Crippen molar-refractivity contribution in [2.24, 2.45) is 18.0 Å². The number of rotatable bonds is 5. The van der Waals surface area contributed by atoms with E-state index in [-0.39, 0.29) is 18.9 Å². The SMILES string of the molecule is C=CCNC(=NCc1nnc(C)n1C)NC1CCCC(C(F)(F)F)C1. The number of guanidine groups is 1. The summed E-state index contributed by atoms with van der Waals surface area (Å²) in [6, 6.07) is -0.252. The second-order valence-corrected chi connectivity index (χ2v) is 6.30. The summed E-state index contributed by atoms with van der Waals surface area (Å²) in [6.45, 7) is 6.24. The summed E-state index contributed by atoms with van der Waals surface area (Å²) < 4.78 is 40.7. The highest BCUT2D eigenvalue weighted by Gasteiger charge is 2.42. The molecule has 6 nitrogen and oxygen atoms in total. The first-order valence-electron chi connectivity index (χ1n) is 8.38. The third kappa shape index (κ3) is 5.47. The van der Waals surface area contributed by atoms with Gasteiger partial charge in [-0.2, -0.15) is 13.2 Å². The lowest BCUT2D eigenvalue weighted by molar-refractivity contribution is -0.183. The quantitative estimate of drug-likeness (QED) is 0.482. The topological polar surface area (TPSA) is 67.1 Å². The van der Waals surface area contributed by atoms with Crippen LogP contribution in [-0.4, -0.2) is 39.5 Å². The zero-order valence-corrected chi connectivity index (χ0v) is 14.6. The van der Waals surface area contributed by atoms with Crippen molar-refractivity contribution in [3.63, 3.8) is 0 Å². The third-order valence-electron chi connectivity index (χ3n) is 4.45. The Morgan fingerprint density at radius 2 is 2.16 bits per heavy atom. The van der Waals surface area contributed by atoms with Crippen molar-refractivity contribution in [2.45, 2.75) is 51.4 Å². The molecule has 0 saturated heterocycles. The Hall–Kier alpha value is -2.06.